The molecule has 0 saturated carbocycles. The maximum absolute atomic E-state index is 12.8. The van der Waals surface area contributed by atoms with E-state index in [0.29, 0.717) is 5.56 Å². The van der Waals surface area contributed by atoms with Crippen LogP contribution < -0.4 is 4.72 Å². The Kier molecular flexibility index (Phi) is 5.05. The Morgan fingerprint density at radius 1 is 1.04 bits per heavy atom. The van der Waals surface area contributed by atoms with Crippen LogP contribution in [0.3, 0.4) is 0 Å². The van der Waals surface area contributed by atoms with E-state index >= 15 is 0 Å². The van der Waals surface area contributed by atoms with Gasteiger partial charge in [0.1, 0.15) is 0 Å². The van der Waals surface area contributed by atoms with Gasteiger partial charge in [0.2, 0.25) is 10.0 Å². The van der Waals surface area contributed by atoms with Gasteiger partial charge in [-0.2, -0.15) is 13.2 Å². The molecule has 1 N–H and O–H groups in total. The summed E-state index contributed by atoms with van der Waals surface area (Å²) in [5, 5.41) is 0. The number of halogens is 3. The normalized spacial score (nSPS) is 13.8. The van der Waals surface area contributed by atoms with Crippen molar-refractivity contribution in [3.05, 3.63) is 64.7 Å². The lowest BCUT2D eigenvalue weighted by Crippen LogP contribution is -2.27. The maximum atomic E-state index is 12.8. The minimum Gasteiger partial charge on any atom is -0.207 e. The lowest BCUT2D eigenvalue weighted by molar-refractivity contribution is -0.137. The van der Waals surface area contributed by atoms with Crippen molar-refractivity contribution in [2.45, 2.75) is 37.9 Å². The predicted molar refractivity (Wildman–Crippen MR) is 86.1 cm³/mol. The Morgan fingerprint density at radius 3 is 2.29 bits per heavy atom. The van der Waals surface area contributed by atoms with Crippen LogP contribution in [0.2, 0.25) is 0 Å². The smallest absolute Gasteiger partial charge is 0.207 e. The highest BCUT2D eigenvalue weighted by atomic mass is 32.2. The minimum atomic E-state index is -4.47. The van der Waals surface area contributed by atoms with E-state index in [-0.39, 0.29) is 10.5 Å². The zero-order valence-electron chi connectivity index (χ0n) is 13.5. The van der Waals surface area contributed by atoms with Gasteiger partial charge in [-0.15, -0.1) is 0 Å². The standard InChI is InChI=1S/C17H18F3NO2S/c1-11-7-8-16(12(2)9-11)24(22,23)21-13(3)14-5-4-6-15(10-14)17(18,19)20/h4-10,13,21H,1-3H3. The highest BCUT2D eigenvalue weighted by Gasteiger charge is 2.31. The topological polar surface area (TPSA) is 46.2 Å². The molecule has 0 radical (unpaired) electrons. The molecule has 0 fully saturated rings. The molecule has 1 atom stereocenters. The number of aryl methyl sites for hydroxylation is 2. The molecular weight excluding hydrogens is 339 g/mol. The molecule has 0 aliphatic heterocycles. The molecule has 0 aromatic heterocycles. The van der Waals surface area contributed by atoms with E-state index in [1.54, 1.807) is 19.1 Å². The summed E-state index contributed by atoms with van der Waals surface area (Å²) in [6, 6.07) is 8.75. The molecule has 1 unspecified atom stereocenters. The van der Waals surface area contributed by atoms with Gasteiger partial charge in [-0.05, 0) is 50.1 Å². The second-order valence-electron chi connectivity index (χ2n) is 5.74. The number of alkyl halides is 3. The van der Waals surface area contributed by atoms with Crippen LogP contribution in [0, 0.1) is 13.8 Å². The lowest BCUT2D eigenvalue weighted by atomic mass is 10.1. The molecule has 0 spiro atoms. The molecule has 7 heteroatoms. The molecule has 2 rings (SSSR count). The summed E-state index contributed by atoms with van der Waals surface area (Å²) >= 11 is 0. The minimum absolute atomic E-state index is 0.118. The first-order valence-corrected chi connectivity index (χ1v) is 8.76. The molecule has 0 aliphatic carbocycles. The third-order valence-corrected chi connectivity index (χ3v) is 5.37. The predicted octanol–water partition coefficient (Wildman–Crippen LogP) is 4.36. The number of rotatable bonds is 4. The molecule has 0 heterocycles. The summed E-state index contributed by atoms with van der Waals surface area (Å²) in [7, 11) is -3.83. The highest BCUT2D eigenvalue weighted by molar-refractivity contribution is 7.89. The van der Waals surface area contributed by atoms with Gasteiger partial charge in [0.05, 0.1) is 10.5 Å². The molecule has 2 aromatic rings. The van der Waals surface area contributed by atoms with Crippen LogP contribution >= 0.6 is 0 Å². The quantitative estimate of drug-likeness (QED) is 0.884. The Balaban J connectivity index is 2.30. The van der Waals surface area contributed by atoms with E-state index in [9.17, 15) is 21.6 Å². The van der Waals surface area contributed by atoms with Crippen LogP contribution in [0.5, 0.6) is 0 Å². The average molecular weight is 357 g/mol. The molecule has 24 heavy (non-hydrogen) atoms. The third kappa shape index (κ3) is 4.15. The zero-order valence-corrected chi connectivity index (χ0v) is 14.3. The van der Waals surface area contributed by atoms with Gasteiger partial charge in [0, 0.05) is 6.04 Å². The summed E-state index contributed by atoms with van der Waals surface area (Å²) in [6.45, 7) is 5.04. The van der Waals surface area contributed by atoms with Crippen LogP contribution in [0.25, 0.3) is 0 Å². The van der Waals surface area contributed by atoms with Crippen LogP contribution in [0.15, 0.2) is 47.4 Å². The van der Waals surface area contributed by atoms with Gasteiger partial charge < -0.3 is 0 Å². The largest absolute Gasteiger partial charge is 0.416 e. The summed E-state index contributed by atoms with van der Waals surface area (Å²) < 4.78 is 65.8. The van der Waals surface area contributed by atoms with Crippen molar-refractivity contribution in [3.63, 3.8) is 0 Å². The van der Waals surface area contributed by atoms with Crippen LogP contribution in [-0.2, 0) is 16.2 Å². The van der Waals surface area contributed by atoms with E-state index in [0.717, 1.165) is 17.7 Å². The fourth-order valence-corrected chi connectivity index (χ4v) is 3.91. The molecular formula is C17H18F3NO2S. The molecule has 0 bridgehead atoms. The number of benzene rings is 2. The van der Waals surface area contributed by atoms with Crippen molar-refractivity contribution in [1.82, 2.24) is 4.72 Å². The van der Waals surface area contributed by atoms with E-state index in [2.05, 4.69) is 4.72 Å². The van der Waals surface area contributed by atoms with Gasteiger partial charge in [-0.1, -0.05) is 29.8 Å². The van der Waals surface area contributed by atoms with Gasteiger partial charge in [-0.3, -0.25) is 0 Å². The van der Waals surface area contributed by atoms with Gasteiger partial charge in [0.25, 0.3) is 0 Å². The number of hydrogen-bond donors (Lipinski definition) is 1. The van der Waals surface area contributed by atoms with Crippen LogP contribution in [0.4, 0.5) is 13.2 Å². The first-order chi connectivity index (χ1) is 11.0. The van der Waals surface area contributed by atoms with E-state index in [4.69, 9.17) is 0 Å². The maximum Gasteiger partial charge on any atom is 0.416 e. The van der Waals surface area contributed by atoms with E-state index in [1.807, 2.05) is 6.92 Å². The van der Waals surface area contributed by atoms with Crippen molar-refractivity contribution >= 4 is 10.0 Å². The summed E-state index contributed by atoms with van der Waals surface area (Å²) in [6.07, 6.45) is -4.47. The van der Waals surface area contributed by atoms with Gasteiger partial charge >= 0.3 is 6.18 Å². The molecule has 0 saturated heterocycles. The molecule has 0 amide bonds. The monoisotopic (exact) mass is 357 g/mol. The van der Waals surface area contributed by atoms with E-state index in [1.165, 1.54) is 25.1 Å². The van der Waals surface area contributed by atoms with Crippen LogP contribution in [-0.4, -0.2) is 8.42 Å². The van der Waals surface area contributed by atoms with Crippen molar-refractivity contribution < 1.29 is 21.6 Å². The summed E-state index contributed by atoms with van der Waals surface area (Å²) in [5.41, 5.74) is 0.951. The molecule has 0 aliphatic rings. The van der Waals surface area contributed by atoms with Crippen LogP contribution in [0.1, 0.15) is 35.2 Å². The Labute approximate surface area is 139 Å². The zero-order chi connectivity index (χ0) is 18.1. The Hall–Kier alpha value is -1.86. The SMILES string of the molecule is Cc1ccc(S(=O)(=O)NC(C)c2cccc(C(F)(F)F)c2)c(C)c1. The number of hydrogen-bond acceptors (Lipinski definition) is 2. The van der Waals surface area contributed by atoms with Crippen molar-refractivity contribution in [2.24, 2.45) is 0 Å². The summed E-state index contributed by atoms with van der Waals surface area (Å²) in [4.78, 5) is 0.118. The first-order valence-electron chi connectivity index (χ1n) is 7.27. The van der Waals surface area contributed by atoms with Crippen molar-refractivity contribution in [2.75, 3.05) is 0 Å². The highest BCUT2D eigenvalue weighted by Crippen LogP contribution is 2.31. The number of sulfonamides is 1. The van der Waals surface area contributed by atoms with Crippen molar-refractivity contribution in [3.8, 4) is 0 Å². The lowest BCUT2D eigenvalue weighted by Gasteiger charge is -2.17. The Morgan fingerprint density at radius 2 is 1.71 bits per heavy atom. The average Bonchev–Trinajstić information content (AvgIpc) is 2.45. The number of nitrogens with one attached hydrogen (secondary N) is 1. The molecule has 3 nitrogen and oxygen atoms in total. The molecule has 130 valence electrons. The van der Waals surface area contributed by atoms with Gasteiger partial charge in [-0.25, -0.2) is 13.1 Å². The summed E-state index contributed by atoms with van der Waals surface area (Å²) in [5.74, 6) is 0. The fraction of sp³-hybridized carbons (Fsp3) is 0.294. The Bertz CT molecular complexity index is 845. The van der Waals surface area contributed by atoms with E-state index < -0.39 is 27.8 Å². The first kappa shape index (κ1) is 18.5. The molecule has 2 aromatic carbocycles. The fourth-order valence-electron chi connectivity index (χ4n) is 2.45. The second-order valence-corrected chi connectivity index (χ2v) is 7.42. The van der Waals surface area contributed by atoms with Crippen molar-refractivity contribution in [1.29, 1.82) is 0 Å². The second kappa shape index (κ2) is 6.57. The third-order valence-electron chi connectivity index (χ3n) is 3.67. The van der Waals surface area contributed by atoms with Gasteiger partial charge in [0.15, 0.2) is 0 Å².